The third-order valence-corrected chi connectivity index (χ3v) is 3.75. The molecule has 0 saturated heterocycles. The molecule has 0 radical (unpaired) electrons. The molecule has 0 spiro atoms. The van der Waals surface area contributed by atoms with Crippen LogP contribution in [0.5, 0.6) is 0 Å². The SMILES string of the molecule is CC1=C(Cl)C(=O)c2c(ccc(Br)c2[N+](=O)[O-])C1=O. The van der Waals surface area contributed by atoms with Gasteiger partial charge in [0.15, 0.2) is 5.78 Å². The first-order chi connectivity index (χ1) is 8.36. The minimum Gasteiger partial charge on any atom is -0.289 e. The number of nitrogens with zero attached hydrogens (tertiary/aromatic N) is 1. The molecule has 0 fully saturated rings. The van der Waals surface area contributed by atoms with Crippen molar-refractivity contribution in [2.24, 2.45) is 0 Å². The van der Waals surface area contributed by atoms with Crippen LogP contribution in [0.2, 0.25) is 0 Å². The number of halogens is 2. The zero-order valence-electron chi connectivity index (χ0n) is 8.99. The molecule has 0 N–H and O–H groups in total. The van der Waals surface area contributed by atoms with Gasteiger partial charge in [0.05, 0.1) is 14.4 Å². The maximum Gasteiger partial charge on any atom is 0.295 e. The molecule has 1 aliphatic rings. The summed E-state index contributed by atoms with van der Waals surface area (Å²) in [4.78, 5) is 34.2. The Kier molecular flexibility index (Phi) is 3.08. The Hall–Kier alpha value is -1.53. The number of hydrogen-bond acceptors (Lipinski definition) is 4. The smallest absolute Gasteiger partial charge is 0.289 e. The number of rotatable bonds is 1. The molecular weight excluding hydrogens is 325 g/mol. The van der Waals surface area contributed by atoms with E-state index < -0.39 is 22.2 Å². The molecule has 0 aliphatic heterocycles. The molecule has 0 atom stereocenters. The van der Waals surface area contributed by atoms with Crippen molar-refractivity contribution in [2.75, 3.05) is 0 Å². The maximum absolute atomic E-state index is 12.0. The molecule has 0 bridgehead atoms. The Balaban J connectivity index is 2.87. The number of allylic oxidation sites excluding steroid dienone is 2. The highest BCUT2D eigenvalue weighted by Crippen LogP contribution is 2.38. The number of benzene rings is 1. The number of ketones is 2. The monoisotopic (exact) mass is 329 g/mol. The number of nitro benzene ring substituents is 1. The van der Waals surface area contributed by atoms with Crippen molar-refractivity contribution in [1.29, 1.82) is 0 Å². The van der Waals surface area contributed by atoms with Gasteiger partial charge in [0.25, 0.3) is 5.69 Å². The third kappa shape index (κ3) is 1.69. The van der Waals surface area contributed by atoms with Crippen LogP contribution in [0.3, 0.4) is 0 Å². The molecule has 0 saturated carbocycles. The van der Waals surface area contributed by atoms with Crippen LogP contribution in [0.15, 0.2) is 27.2 Å². The predicted octanol–water partition coefficient (Wildman–Crippen LogP) is 3.25. The lowest BCUT2D eigenvalue weighted by Crippen LogP contribution is -2.20. The van der Waals surface area contributed by atoms with E-state index in [0.29, 0.717) is 0 Å². The molecule has 92 valence electrons. The molecule has 5 nitrogen and oxygen atoms in total. The van der Waals surface area contributed by atoms with Gasteiger partial charge in [-0.2, -0.15) is 0 Å². The summed E-state index contributed by atoms with van der Waals surface area (Å²) in [6, 6.07) is 2.74. The highest BCUT2D eigenvalue weighted by atomic mass is 79.9. The van der Waals surface area contributed by atoms with Gasteiger partial charge in [0, 0.05) is 11.1 Å². The molecule has 0 unspecified atom stereocenters. The van der Waals surface area contributed by atoms with Gasteiger partial charge in [-0.1, -0.05) is 11.6 Å². The van der Waals surface area contributed by atoms with Gasteiger partial charge in [0.1, 0.15) is 5.56 Å². The minimum atomic E-state index is -0.709. The van der Waals surface area contributed by atoms with Gasteiger partial charge in [-0.15, -0.1) is 0 Å². The average Bonchev–Trinajstić information content (AvgIpc) is 2.32. The van der Waals surface area contributed by atoms with Crippen LogP contribution in [-0.2, 0) is 0 Å². The van der Waals surface area contributed by atoms with E-state index in [1.165, 1.54) is 19.1 Å². The van der Waals surface area contributed by atoms with E-state index in [2.05, 4.69) is 15.9 Å². The van der Waals surface area contributed by atoms with Crippen molar-refractivity contribution in [3.05, 3.63) is 48.5 Å². The molecule has 0 amide bonds. The second-order valence-electron chi connectivity index (χ2n) is 3.67. The first-order valence-electron chi connectivity index (χ1n) is 4.79. The average molecular weight is 331 g/mol. The predicted molar refractivity (Wildman–Crippen MR) is 68.0 cm³/mol. The second kappa shape index (κ2) is 4.29. The van der Waals surface area contributed by atoms with Gasteiger partial charge in [-0.3, -0.25) is 19.7 Å². The summed E-state index contributed by atoms with van der Waals surface area (Å²) >= 11 is 8.73. The zero-order valence-corrected chi connectivity index (χ0v) is 11.3. The Morgan fingerprint density at radius 3 is 2.44 bits per heavy atom. The number of carbonyl (C=O) groups is 2. The summed E-state index contributed by atoms with van der Waals surface area (Å²) in [6.07, 6.45) is 0. The number of nitro groups is 1. The van der Waals surface area contributed by atoms with Crippen LogP contribution < -0.4 is 0 Å². The van der Waals surface area contributed by atoms with Crippen LogP contribution in [0.4, 0.5) is 5.69 Å². The standard InChI is InChI=1S/C11H5BrClNO4/c1-4-8(13)11(16)7-5(10(4)15)2-3-6(12)9(7)14(17)18/h2-3H,1H3. The van der Waals surface area contributed by atoms with Crippen LogP contribution in [0, 0.1) is 10.1 Å². The van der Waals surface area contributed by atoms with E-state index in [4.69, 9.17) is 11.6 Å². The van der Waals surface area contributed by atoms with Crippen molar-refractivity contribution in [3.8, 4) is 0 Å². The van der Waals surface area contributed by atoms with E-state index >= 15 is 0 Å². The molecule has 0 heterocycles. The molecule has 1 aromatic rings. The van der Waals surface area contributed by atoms with Crippen LogP contribution in [0.1, 0.15) is 27.6 Å². The van der Waals surface area contributed by atoms with Gasteiger partial charge >= 0.3 is 0 Å². The highest BCUT2D eigenvalue weighted by Gasteiger charge is 2.36. The van der Waals surface area contributed by atoms with Gasteiger partial charge in [-0.25, -0.2) is 0 Å². The summed E-state index contributed by atoms with van der Waals surface area (Å²) in [6.45, 7) is 1.42. The van der Waals surface area contributed by atoms with Gasteiger partial charge < -0.3 is 0 Å². The number of hydrogen-bond donors (Lipinski definition) is 0. The Morgan fingerprint density at radius 2 is 1.89 bits per heavy atom. The largest absolute Gasteiger partial charge is 0.295 e. The first kappa shape index (κ1) is 12.9. The topological polar surface area (TPSA) is 77.3 Å². The molecule has 0 aromatic heterocycles. The van der Waals surface area contributed by atoms with E-state index in [0.717, 1.165) is 0 Å². The van der Waals surface area contributed by atoms with Gasteiger partial charge in [-0.05, 0) is 35.0 Å². The van der Waals surface area contributed by atoms with Crippen LogP contribution in [0.25, 0.3) is 0 Å². The minimum absolute atomic E-state index is 0.0109. The van der Waals surface area contributed by atoms with Crippen molar-refractivity contribution < 1.29 is 14.5 Å². The number of fused-ring (bicyclic) bond motifs is 1. The molecule has 2 rings (SSSR count). The lowest BCUT2D eigenvalue weighted by molar-refractivity contribution is -0.385. The third-order valence-electron chi connectivity index (χ3n) is 2.65. The van der Waals surface area contributed by atoms with Crippen molar-refractivity contribution >= 4 is 44.8 Å². The van der Waals surface area contributed by atoms with E-state index in [-0.39, 0.29) is 26.2 Å². The lowest BCUT2D eigenvalue weighted by atomic mass is 9.89. The Bertz CT molecular complexity index is 651. The van der Waals surface area contributed by atoms with Crippen molar-refractivity contribution in [3.63, 3.8) is 0 Å². The van der Waals surface area contributed by atoms with E-state index in [9.17, 15) is 19.7 Å². The molecular formula is C11H5BrClNO4. The summed E-state index contributed by atoms with van der Waals surface area (Å²) in [5.74, 6) is -1.16. The summed E-state index contributed by atoms with van der Waals surface area (Å²) in [5, 5.41) is 10.7. The second-order valence-corrected chi connectivity index (χ2v) is 4.91. The summed E-state index contributed by atoms with van der Waals surface area (Å²) in [5.41, 5.74) is -0.575. The quantitative estimate of drug-likeness (QED) is 0.585. The fourth-order valence-corrected chi connectivity index (χ4v) is 2.40. The molecule has 1 aliphatic carbocycles. The van der Waals surface area contributed by atoms with E-state index in [1.807, 2.05) is 0 Å². The van der Waals surface area contributed by atoms with Crippen LogP contribution >= 0.6 is 27.5 Å². The Morgan fingerprint density at radius 1 is 1.28 bits per heavy atom. The zero-order chi connectivity index (χ0) is 13.6. The van der Waals surface area contributed by atoms with Gasteiger partial charge in [0.2, 0.25) is 5.78 Å². The van der Waals surface area contributed by atoms with Crippen LogP contribution in [-0.4, -0.2) is 16.5 Å². The van der Waals surface area contributed by atoms with E-state index in [1.54, 1.807) is 0 Å². The summed E-state index contributed by atoms with van der Waals surface area (Å²) < 4.78 is 0.136. The normalized spacial score (nSPS) is 14.8. The van der Waals surface area contributed by atoms with Crippen molar-refractivity contribution in [1.82, 2.24) is 0 Å². The Labute approximate surface area is 115 Å². The lowest BCUT2D eigenvalue weighted by Gasteiger charge is -2.15. The number of carbonyl (C=O) groups excluding carboxylic acids is 2. The first-order valence-corrected chi connectivity index (χ1v) is 5.96. The summed E-state index contributed by atoms with van der Waals surface area (Å²) in [7, 11) is 0. The fourth-order valence-electron chi connectivity index (χ4n) is 1.75. The number of Topliss-reactive ketones (excluding diaryl/α,β-unsaturated/α-hetero) is 2. The molecule has 1 aromatic carbocycles. The highest BCUT2D eigenvalue weighted by molar-refractivity contribution is 9.10. The maximum atomic E-state index is 12.0. The van der Waals surface area contributed by atoms with Crippen molar-refractivity contribution in [2.45, 2.75) is 6.92 Å². The molecule has 7 heteroatoms. The molecule has 18 heavy (non-hydrogen) atoms. The fraction of sp³-hybridized carbons (Fsp3) is 0.0909.